The number of nitrogens with one attached hydrogen (secondary N) is 1. The third kappa shape index (κ3) is 1.38. The second-order valence-corrected chi connectivity index (χ2v) is 4.61. The predicted molar refractivity (Wildman–Crippen MR) is 54.9 cm³/mol. The minimum absolute atomic E-state index is 0.476. The summed E-state index contributed by atoms with van der Waals surface area (Å²) in [6.45, 7) is 0. The molecule has 3 unspecified atom stereocenters. The van der Waals surface area contributed by atoms with Gasteiger partial charge < -0.3 is 9.73 Å². The van der Waals surface area contributed by atoms with Gasteiger partial charge in [0.15, 0.2) is 0 Å². The summed E-state index contributed by atoms with van der Waals surface area (Å²) < 4.78 is 5.46. The maximum atomic E-state index is 5.46. The van der Waals surface area contributed by atoms with E-state index in [2.05, 4.69) is 11.4 Å². The van der Waals surface area contributed by atoms with E-state index in [9.17, 15) is 0 Å². The average Bonchev–Trinajstić information content (AvgIpc) is 2.88. The average molecular weight is 191 g/mol. The molecule has 1 aliphatic heterocycles. The van der Waals surface area contributed by atoms with Gasteiger partial charge in [-0.1, -0.05) is 6.42 Å². The van der Waals surface area contributed by atoms with Crippen molar-refractivity contribution in [2.75, 3.05) is 0 Å². The maximum absolute atomic E-state index is 5.46. The maximum Gasteiger partial charge on any atom is 0.120 e. The van der Waals surface area contributed by atoms with Gasteiger partial charge in [-0.05, 0) is 43.7 Å². The van der Waals surface area contributed by atoms with Gasteiger partial charge in [0.1, 0.15) is 5.76 Å². The zero-order chi connectivity index (χ0) is 9.38. The third-order valence-electron chi connectivity index (χ3n) is 3.79. The molecule has 3 rings (SSSR count). The minimum Gasteiger partial charge on any atom is -0.468 e. The second kappa shape index (κ2) is 3.43. The molecule has 76 valence electrons. The van der Waals surface area contributed by atoms with Gasteiger partial charge in [-0.15, -0.1) is 0 Å². The molecule has 3 atom stereocenters. The number of furan rings is 1. The SMILES string of the molecule is c1coc(C2CCC3CCCC3N2)c1. The topological polar surface area (TPSA) is 25.2 Å². The molecular weight excluding hydrogens is 174 g/mol. The Labute approximate surface area is 84.7 Å². The van der Waals surface area contributed by atoms with E-state index in [0.29, 0.717) is 6.04 Å². The lowest BCUT2D eigenvalue weighted by Gasteiger charge is -2.32. The molecule has 2 aliphatic rings. The van der Waals surface area contributed by atoms with Crippen LogP contribution in [0.25, 0.3) is 0 Å². The lowest BCUT2D eigenvalue weighted by molar-refractivity contribution is 0.239. The largest absolute Gasteiger partial charge is 0.468 e. The Hall–Kier alpha value is -0.760. The Balaban J connectivity index is 1.73. The van der Waals surface area contributed by atoms with Crippen LogP contribution in [0.4, 0.5) is 0 Å². The highest BCUT2D eigenvalue weighted by atomic mass is 16.3. The Kier molecular flexibility index (Phi) is 2.09. The standard InChI is InChI=1S/C12H17NO/c1-3-9-6-7-11(13-10(9)4-1)12-5-2-8-14-12/h2,5,8-11,13H,1,3-4,6-7H2. The van der Waals surface area contributed by atoms with E-state index in [0.717, 1.165) is 17.7 Å². The summed E-state index contributed by atoms with van der Waals surface area (Å²) in [5.41, 5.74) is 0. The molecule has 14 heavy (non-hydrogen) atoms. The van der Waals surface area contributed by atoms with E-state index in [4.69, 9.17) is 4.42 Å². The van der Waals surface area contributed by atoms with Crippen molar-refractivity contribution in [1.82, 2.24) is 5.32 Å². The van der Waals surface area contributed by atoms with Crippen LogP contribution in [0.5, 0.6) is 0 Å². The molecule has 2 fully saturated rings. The van der Waals surface area contributed by atoms with Crippen LogP contribution in [-0.4, -0.2) is 6.04 Å². The van der Waals surface area contributed by atoms with Gasteiger partial charge >= 0.3 is 0 Å². The molecule has 0 spiro atoms. The van der Waals surface area contributed by atoms with Gasteiger partial charge in [0.25, 0.3) is 0 Å². The summed E-state index contributed by atoms with van der Waals surface area (Å²) in [7, 11) is 0. The summed E-state index contributed by atoms with van der Waals surface area (Å²) in [5, 5.41) is 3.72. The Morgan fingerprint density at radius 1 is 1.21 bits per heavy atom. The van der Waals surface area contributed by atoms with Crippen molar-refractivity contribution in [2.45, 2.75) is 44.2 Å². The highest BCUT2D eigenvalue weighted by Crippen LogP contribution is 2.37. The molecule has 1 N–H and O–H groups in total. The Morgan fingerprint density at radius 3 is 3.07 bits per heavy atom. The lowest BCUT2D eigenvalue weighted by atomic mass is 9.89. The zero-order valence-electron chi connectivity index (χ0n) is 8.41. The van der Waals surface area contributed by atoms with E-state index in [-0.39, 0.29) is 0 Å². The van der Waals surface area contributed by atoms with E-state index in [1.807, 2.05) is 6.07 Å². The Morgan fingerprint density at radius 2 is 2.21 bits per heavy atom. The van der Waals surface area contributed by atoms with Crippen LogP contribution in [0.2, 0.25) is 0 Å². The molecule has 1 aromatic heterocycles. The molecular formula is C12H17NO. The van der Waals surface area contributed by atoms with Gasteiger partial charge in [-0.3, -0.25) is 0 Å². The normalized spacial score (nSPS) is 37.0. The predicted octanol–water partition coefficient (Wildman–Crippen LogP) is 2.87. The molecule has 1 aliphatic carbocycles. The van der Waals surface area contributed by atoms with Crippen LogP contribution < -0.4 is 5.32 Å². The van der Waals surface area contributed by atoms with Gasteiger partial charge in [0.2, 0.25) is 0 Å². The minimum atomic E-state index is 0.476. The molecule has 2 heterocycles. The van der Waals surface area contributed by atoms with E-state index in [1.54, 1.807) is 6.26 Å². The highest BCUT2D eigenvalue weighted by molar-refractivity contribution is 5.07. The zero-order valence-corrected chi connectivity index (χ0v) is 8.41. The molecule has 1 aromatic rings. The lowest BCUT2D eigenvalue weighted by Crippen LogP contribution is -2.39. The summed E-state index contributed by atoms with van der Waals surface area (Å²) >= 11 is 0. The van der Waals surface area contributed by atoms with Crippen LogP contribution in [0.15, 0.2) is 22.8 Å². The van der Waals surface area contributed by atoms with E-state index >= 15 is 0 Å². The van der Waals surface area contributed by atoms with Crippen molar-refractivity contribution in [1.29, 1.82) is 0 Å². The Bertz CT molecular complexity index is 293. The van der Waals surface area contributed by atoms with E-state index in [1.165, 1.54) is 32.1 Å². The number of piperidine rings is 1. The third-order valence-corrected chi connectivity index (χ3v) is 3.79. The van der Waals surface area contributed by atoms with Crippen molar-refractivity contribution in [3.05, 3.63) is 24.2 Å². The summed E-state index contributed by atoms with van der Waals surface area (Å²) in [5.74, 6) is 2.07. The first-order valence-corrected chi connectivity index (χ1v) is 5.73. The second-order valence-electron chi connectivity index (χ2n) is 4.61. The molecule has 1 saturated heterocycles. The van der Waals surface area contributed by atoms with Crippen LogP contribution >= 0.6 is 0 Å². The molecule has 0 radical (unpaired) electrons. The van der Waals surface area contributed by atoms with Crippen LogP contribution in [0.3, 0.4) is 0 Å². The van der Waals surface area contributed by atoms with Crippen molar-refractivity contribution < 1.29 is 4.42 Å². The quantitative estimate of drug-likeness (QED) is 0.738. The van der Waals surface area contributed by atoms with Crippen molar-refractivity contribution in [2.24, 2.45) is 5.92 Å². The monoisotopic (exact) mass is 191 g/mol. The first-order valence-electron chi connectivity index (χ1n) is 5.73. The number of hydrogen-bond acceptors (Lipinski definition) is 2. The molecule has 0 amide bonds. The molecule has 1 saturated carbocycles. The molecule has 2 nitrogen and oxygen atoms in total. The van der Waals surface area contributed by atoms with Crippen LogP contribution in [0.1, 0.15) is 43.9 Å². The fraction of sp³-hybridized carbons (Fsp3) is 0.667. The van der Waals surface area contributed by atoms with Crippen molar-refractivity contribution in [3.8, 4) is 0 Å². The molecule has 0 aromatic carbocycles. The summed E-state index contributed by atoms with van der Waals surface area (Å²) in [6.07, 6.45) is 8.60. The fourth-order valence-corrected chi connectivity index (χ4v) is 3.04. The van der Waals surface area contributed by atoms with Gasteiger partial charge in [-0.2, -0.15) is 0 Å². The van der Waals surface area contributed by atoms with Crippen molar-refractivity contribution >= 4 is 0 Å². The summed E-state index contributed by atoms with van der Waals surface area (Å²) in [6, 6.07) is 5.31. The van der Waals surface area contributed by atoms with Gasteiger partial charge in [0, 0.05) is 6.04 Å². The van der Waals surface area contributed by atoms with Gasteiger partial charge in [0.05, 0.1) is 12.3 Å². The van der Waals surface area contributed by atoms with E-state index < -0.39 is 0 Å². The number of fused-ring (bicyclic) bond motifs is 1. The van der Waals surface area contributed by atoms with Crippen LogP contribution in [0, 0.1) is 5.92 Å². The highest BCUT2D eigenvalue weighted by Gasteiger charge is 2.34. The van der Waals surface area contributed by atoms with Crippen LogP contribution in [-0.2, 0) is 0 Å². The smallest absolute Gasteiger partial charge is 0.120 e. The van der Waals surface area contributed by atoms with Gasteiger partial charge in [-0.25, -0.2) is 0 Å². The molecule has 2 heteroatoms. The first-order chi connectivity index (χ1) is 6.93. The molecule has 0 bridgehead atoms. The number of hydrogen-bond donors (Lipinski definition) is 1. The summed E-state index contributed by atoms with van der Waals surface area (Å²) in [4.78, 5) is 0. The fourth-order valence-electron chi connectivity index (χ4n) is 3.04. The number of rotatable bonds is 1. The van der Waals surface area contributed by atoms with Crippen molar-refractivity contribution in [3.63, 3.8) is 0 Å². The first kappa shape index (κ1) is 8.54.